The maximum absolute atomic E-state index is 13.8. The number of benzene rings is 1. The van der Waals surface area contributed by atoms with Gasteiger partial charge in [0.1, 0.15) is 0 Å². The Labute approximate surface area is 138 Å². The molecular formula is C13H9F12N. The maximum atomic E-state index is 13.8. The van der Waals surface area contributed by atoms with Gasteiger partial charge in [0.25, 0.3) is 0 Å². The van der Waals surface area contributed by atoms with Crippen molar-refractivity contribution in [2.24, 2.45) is 0 Å². The van der Waals surface area contributed by atoms with Gasteiger partial charge in [-0.1, -0.05) is 12.1 Å². The molecule has 0 aliphatic rings. The fraction of sp³-hybridized carbons (Fsp3) is 0.538. The van der Waals surface area contributed by atoms with Gasteiger partial charge in [0.15, 0.2) is 0 Å². The monoisotopic (exact) mass is 407 g/mol. The van der Waals surface area contributed by atoms with Crippen molar-refractivity contribution in [2.75, 3.05) is 12.4 Å². The molecule has 0 saturated heterocycles. The van der Waals surface area contributed by atoms with E-state index in [0.717, 1.165) is 13.1 Å². The number of anilines is 1. The molecule has 0 fully saturated rings. The van der Waals surface area contributed by atoms with Crippen LogP contribution in [0.2, 0.25) is 0 Å². The van der Waals surface area contributed by atoms with Crippen molar-refractivity contribution in [3.63, 3.8) is 0 Å². The van der Waals surface area contributed by atoms with Crippen molar-refractivity contribution in [1.29, 1.82) is 0 Å². The van der Waals surface area contributed by atoms with Crippen LogP contribution in [0.15, 0.2) is 24.3 Å². The Morgan fingerprint density at radius 3 is 1.69 bits per heavy atom. The summed E-state index contributed by atoms with van der Waals surface area (Å²) in [5.74, 6) is -35.3. The highest BCUT2D eigenvalue weighted by Gasteiger charge is 2.87. The summed E-state index contributed by atoms with van der Waals surface area (Å²) in [7, 11) is 1.11. The predicted octanol–water partition coefficient (Wildman–Crippen LogP) is 5.63. The lowest BCUT2D eigenvalue weighted by molar-refractivity contribution is -0.415. The zero-order chi connectivity index (χ0) is 20.8. The molecule has 1 N–H and O–H groups in total. The van der Waals surface area contributed by atoms with E-state index in [0.29, 0.717) is 6.07 Å². The zero-order valence-corrected chi connectivity index (χ0v) is 12.4. The van der Waals surface area contributed by atoms with Gasteiger partial charge in [-0.15, -0.1) is 0 Å². The van der Waals surface area contributed by atoms with Gasteiger partial charge in [0.05, 0.1) is 0 Å². The molecule has 0 heterocycles. The first-order valence-corrected chi connectivity index (χ1v) is 6.44. The van der Waals surface area contributed by atoms with E-state index in [-0.39, 0.29) is 17.8 Å². The molecule has 1 nitrogen and oxygen atoms in total. The normalized spacial score (nSPS) is 14.7. The SMILES string of the molecule is CNc1cccc(C(F)(F)C(F)(F)C(F)(F)C(F)(F)C(F)(F)C(F)F)c1. The van der Waals surface area contributed by atoms with E-state index >= 15 is 0 Å². The van der Waals surface area contributed by atoms with E-state index in [9.17, 15) is 52.7 Å². The molecule has 0 spiro atoms. The highest BCUT2D eigenvalue weighted by molar-refractivity contribution is 5.46. The molecule has 0 saturated carbocycles. The molecule has 1 rings (SSSR count). The fourth-order valence-corrected chi connectivity index (χ4v) is 1.79. The number of hydrogen-bond acceptors (Lipinski definition) is 1. The van der Waals surface area contributed by atoms with E-state index in [4.69, 9.17) is 0 Å². The van der Waals surface area contributed by atoms with E-state index in [1.54, 1.807) is 0 Å². The van der Waals surface area contributed by atoms with Gasteiger partial charge in [-0.2, -0.15) is 43.9 Å². The molecule has 0 unspecified atom stereocenters. The molecule has 26 heavy (non-hydrogen) atoms. The highest BCUT2D eigenvalue weighted by atomic mass is 19.4. The minimum atomic E-state index is -7.53. The van der Waals surface area contributed by atoms with E-state index in [2.05, 4.69) is 5.32 Å². The molecule has 0 bridgehead atoms. The number of nitrogens with one attached hydrogen (secondary N) is 1. The third-order valence-corrected chi connectivity index (χ3v) is 3.39. The summed E-state index contributed by atoms with van der Waals surface area (Å²) in [6.45, 7) is 0. The average molecular weight is 407 g/mol. The summed E-state index contributed by atoms with van der Waals surface area (Å²) in [4.78, 5) is 0. The van der Waals surface area contributed by atoms with Gasteiger partial charge in [-0.05, 0) is 12.1 Å². The lowest BCUT2D eigenvalue weighted by Crippen LogP contribution is -2.67. The van der Waals surface area contributed by atoms with Gasteiger partial charge in [0.2, 0.25) is 0 Å². The molecule has 0 aliphatic carbocycles. The molecular weight excluding hydrogens is 398 g/mol. The Morgan fingerprint density at radius 2 is 1.27 bits per heavy atom. The Morgan fingerprint density at radius 1 is 0.769 bits per heavy atom. The molecule has 1 aromatic rings. The summed E-state index contributed by atoms with van der Waals surface area (Å²) < 4.78 is 157. The van der Waals surface area contributed by atoms with Gasteiger partial charge in [-0.3, -0.25) is 0 Å². The summed E-state index contributed by atoms with van der Waals surface area (Å²) in [5, 5.41) is 2.17. The average Bonchev–Trinajstić information content (AvgIpc) is 2.53. The number of halogens is 12. The van der Waals surface area contributed by atoms with Crippen LogP contribution in [0.5, 0.6) is 0 Å². The Balaban J connectivity index is 3.53. The van der Waals surface area contributed by atoms with Crippen LogP contribution in [0.4, 0.5) is 58.4 Å². The van der Waals surface area contributed by atoms with Gasteiger partial charge >= 0.3 is 36.0 Å². The molecule has 1 aromatic carbocycles. The van der Waals surface area contributed by atoms with Crippen molar-refractivity contribution in [3.05, 3.63) is 29.8 Å². The summed E-state index contributed by atoms with van der Waals surface area (Å²) >= 11 is 0. The van der Waals surface area contributed by atoms with Crippen molar-refractivity contribution >= 4 is 5.69 Å². The number of rotatable bonds is 7. The molecule has 0 atom stereocenters. The minimum absolute atomic E-state index is 0.147. The van der Waals surface area contributed by atoms with Gasteiger partial charge < -0.3 is 5.32 Å². The Hall–Kier alpha value is -1.82. The minimum Gasteiger partial charge on any atom is -0.388 e. The summed E-state index contributed by atoms with van der Waals surface area (Å²) in [5.41, 5.74) is -2.25. The number of alkyl halides is 12. The molecule has 0 aromatic heterocycles. The van der Waals surface area contributed by atoms with Crippen molar-refractivity contribution < 1.29 is 52.7 Å². The lowest BCUT2D eigenvalue weighted by atomic mass is 9.90. The predicted molar refractivity (Wildman–Crippen MR) is 65.7 cm³/mol. The number of hydrogen-bond donors (Lipinski definition) is 1. The van der Waals surface area contributed by atoms with Crippen LogP contribution in [0.1, 0.15) is 5.56 Å². The lowest BCUT2D eigenvalue weighted by Gasteiger charge is -2.39. The second-order valence-electron chi connectivity index (χ2n) is 5.05. The van der Waals surface area contributed by atoms with Crippen LogP contribution in [0, 0.1) is 0 Å². The Bertz CT molecular complexity index is 640. The van der Waals surface area contributed by atoms with Gasteiger partial charge in [-0.25, -0.2) is 8.78 Å². The van der Waals surface area contributed by atoms with Crippen molar-refractivity contribution in [1.82, 2.24) is 0 Å². The first-order valence-electron chi connectivity index (χ1n) is 6.44. The van der Waals surface area contributed by atoms with Crippen LogP contribution in [-0.2, 0) is 5.92 Å². The molecule has 0 radical (unpaired) electrons. The summed E-state index contributed by atoms with van der Waals surface area (Å²) in [6, 6.07) is 1.99. The quantitative estimate of drug-likeness (QED) is 0.578. The standard InChI is InChI=1S/C13H9F12N/c1-26-7-4-2-3-6(5-7)9(16,17)11(20,21)13(24,25)12(22,23)10(18,19)8(14)15/h2-5,8,26H,1H3. The highest BCUT2D eigenvalue weighted by Crippen LogP contribution is 2.60. The molecule has 13 heteroatoms. The second kappa shape index (κ2) is 6.41. The summed E-state index contributed by atoms with van der Waals surface area (Å²) in [6.07, 6.45) is -5.51. The third kappa shape index (κ3) is 2.94. The van der Waals surface area contributed by atoms with E-state index < -0.39 is 41.6 Å². The molecule has 0 aliphatic heterocycles. The van der Waals surface area contributed by atoms with Crippen LogP contribution in [0.3, 0.4) is 0 Å². The third-order valence-electron chi connectivity index (χ3n) is 3.39. The first-order chi connectivity index (χ1) is 11.5. The van der Waals surface area contributed by atoms with Crippen LogP contribution >= 0.6 is 0 Å². The van der Waals surface area contributed by atoms with Crippen LogP contribution in [-0.4, -0.2) is 37.2 Å². The van der Waals surface area contributed by atoms with Crippen LogP contribution in [0.25, 0.3) is 0 Å². The van der Waals surface area contributed by atoms with Crippen LogP contribution < -0.4 is 5.32 Å². The van der Waals surface area contributed by atoms with Gasteiger partial charge in [0, 0.05) is 18.3 Å². The van der Waals surface area contributed by atoms with E-state index in [1.807, 2.05) is 0 Å². The smallest absolute Gasteiger partial charge is 0.385 e. The van der Waals surface area contributed by atoms with E-state index in [1.165, 1.54) is 0 Å². The topological polar surface area (TPSA) is 12.0 Å². The maximum Gasteiger partial charge on any atom is 0.385 e. The molecule has 0 amide bonds. The Kier molecular flexibility index (Phi) is 5.48. The largest absolute Gasteiger partial charge is 0.388 e. The fourth-order valence-electron chi connectivity index (χ4n) is 1.79. The zero-order valence-electron chi connectivity index (χ0n) is 12.4. The first kappa shape index (κ1) is 22.2. The van der Waals surface area contributed by atoms with Crippen molar-refractivity contribution in [3.8, 4) is 0 Å². The second-order valence-corrected chi connectivity index (χ2v) is 5.05. The molecule has 150 valence electrons. The van der Waals surface area contributed by atoms with Crippen molar-refractivity contribution in [2.45, 2.75) is 36.0 Å².